The van der Waals surface area contributed by atoms with Crippen molar-refractivity contribution in [1.29, 1.82) is 0 Å². The largest absolute Gasteiger partial charge is 0.496 e. The molecule has 25 heavy (non-hydrogen) atoms. The van der Waals surface area contributed by atoms with Crippen LogP contribution in [-0.4, -0.2) is 52.6 Å². The molecule has 0 amide bonds. The van der Waals surface area contributed by atoms with Crippen LogP contribution in [0.1, 0.15) is 36.9 Å². The molecule has 6 nitrogen and oxygen atoms in total. The molecule has 2 unspecified atom stereocenters. The Morgan fingerprint density at radius 2 is 2.28 bits per heavy atom. The lowest BCUT2D eigenvalue weighted by atomic mass is 10.0. The number of benzene rings is 1. The first kappa shape index (κ1) is 19.5. The van der Waals surface area contributed by atoms with Gasteiger partial charge in [-0.05, 0) is 32.8 Å². The second kappa shape index (κ2) is 10.3. The molecule has 1 aromatic carbocycles. The van der Waals surface area contributed by atoms with Gasteiger partial charge in [0, 0.05) is 25.8 Å². The Balaban J connectivity index is 1.76. The van der Waals surface area contributed by atoms with Crippen LogP contribution in [0.2, 0.25) is 0 Å². The van der Waals surface area contributed by atoms with E-state index in [0.717, 1.165) is 36.7 Å². The summed E-state index contributed by atoms with van der Waals surface area (Å²) in [6, 6.07) is 6.26. The zero-order chi connectivity index (χ0) is 18.1. The lowest BCUT2D eigenvalue weighted by Crippen LogP contribution is -2.40. The van der Waals surface area contributed by atoms with Crippen LogP contribution in [-0.2, 0) is 9.47 Å². The summed E-state index contributed by atoms with van der Waals surface area (Å²) in [5.74, 6) is 1.62. The van der Waals surface area contributed by atoms with Crippen LogP contribution in [0.4, 0.5) is 0 Å². The third kappa shape index (κ3) is 6.21. The van der Waals surface area contributed by atoms with E-state index < -0.39 is 0 Å². The van der Waals surface area contributed by atoms with E-state index in [-0.39, 0.29) is 12.1 Å². The quantitative estimate of drug-likeness (QED) is 0.429. The van der Waals surface area contributed by atoms with Gasteiger partial charge in [0.2, 0.25) is 0 Å². The first-order chi connectivity index (χ1) is 12.1. The van der Waals surface area contributed by atoms with E-state index in [2.05, 4.69) is 35.5 Å². The van der Waals surface area contributed by atoms with Gasteiger partial charge in [0.05, 0.1) is 32.5 Å². The van der Waals surface area contributed by atoms with Crippen molar-refractivity contribution in [3.8, 4) is 5.75 Å². The van der Waals surface area contributed by atoms with Crippen molar-refractivity contribution in [1.82, 2.24) is 10.6 Å². The highest BCUT2D eigenvalue weighted by Crippen LogP contribution is 2.25. The summed E-state index contributed by atoms with van der Waals surface area (Å²) in [6.07, 6.45) is 2.52. The van der Waals surface area contributed by atoms with Crippen molar-refractivity contribution in [3.05, 3.63) is 29.3 Å². The Morgan fingerprint density at radius 1 is 1.44 bits per heavy atom. The van der Waals surface area contributed by atoms with E-state index in [1.807, 2.05) is 12.1 Å². The molecule has 1 fully saturated rings. The van der Waals surface area contributed by atoms with Gasteiger partial charge in [-0.2, -0.15) is 0 Å². The maximum atomic E-state index is 5.66. The van der Waals surface area contributed by atoms with Crippen molar-refractivity contribution in [3.63, 3.8) is 0 Å². The van der Waals surface area contributed by atoms with E-state index >= 15 is 0 Å². The molecule has 1 heterocycles. The minimum atomic E-state index is 0.0776. The van der Waals surface area contributed by atoms with E-state index in [1.54, 1.807) is 14.2 Å². The number of rotatable bonds is 8. The average molecular weight is 349 g/mol. The molecular formula is C19H31N3O3. The van der Waals surface area contributed by atoms with Crippen LogP contribution in [0.25, 0.3) is 0 Å². The fourth-order valence-corrected chi connectivity index (χ4v) is 2.90. The van der Waals surface area contributed by atoms with Gasteiger partial charge in [-0.1, -0.05) is 17.7 Å². The summed E-state index contributed by atoms with van der Waals surface area (Å²) in [5, 5.41) is 6.68. The number of hydrogen-bond donors (Lipinski definition) is 2. The lowest BCUT2D eigenvalue weighted by Gasteiger charge is -2.21. The fourth-order valence-electron chi connectivity index (χ4n) is 2.90. The Hall–Kier alpha value is -1.79. The van der Waals surface area contributed by atoms with Gasteiger partial charge in [0.25, 0.3) is 0 Å². The molecule has 1 aliphatic rings. The maximum Gasteiger partial charge on any atom is 0.191 e. The fraction of sp³-hybridized carbons (Fsp3) is 0.632. The number of methoxy groups -OCH3 is 1. The van der Waals surface area contributed by atoms with Gasteiger partial charge in [0.1, 0.15) is 5.75 Å². The first-order valence-electron chi connectivity index (χ1n) is 8.95. The predicted octanol–water partition coefficient (Wildman–Crippen LogP) is 2.43. The molecule has 0 spiro atoms. The van der Waals surface area contributed by atoms with Crippen molar-refractivity contribution in [2.45, 2.75) is 38.8 Å². The number of aliphatic imine (C=N–C) groups is 1. The Kier molecular flexibility index (Phi) is 8.01. The number of nitrogens with zero attached hydrogens (tertiary/aromatic N) is 1. The van der Waals surface area contributed by atoms with Gasteiger partial charge in [-0.25, -0.2) is 0 Å². The molecule has 2 rings (SSSR count). The van der Waals surface area contributed by atoms with Gasteiger partial charge in [0.15, 0.2) is 5.96 Å². The molecule has 0 bridgehead atoms. The van der Waals surface area contributed by atoms with E-state index in [1.165, 1.54) is 5.56 Å². The highest BCUT2D eigenvalue weighted by atomic mass is 16.5. The smallest absolute Gasteiger partial charge is 0.191 e. The summed E-state index contributed by atoms with van der Waals surface area (Å²) in [6.45, 7) is 7.03. The molecule has 0 saturated carbocycles. The molecule has 1 aliphatic heterocycles. The Morgan fingerprint density at radius 3 is 2.96 bits per heavy atom. The van der Waals surface area contributed by atoms with Crippen LogP contribution in [0.5, 0.6) is 5.75 Å². The van der Waals surface area contributed by atoms with Crippen molar-refractivity contribution in [2.24, 2.45) is 4.99 Å². The number of nitrogens with one attached hydrogen (secondary N) is 2. The molecule has 2 N–H and O–H groups in total. The molecule has 140 valence electrons. The summed E-state index contributed by atoms with van der Waals surface area (Å²) >= 11 is 0. The monoisotopic (exact) mass is 349 g/mol. The minimum Gasteiger partial charge on any atom is -0.496 e. The SMILES string of the molecule is CN=C(NCCOCC1CCCO1)NC(C)c1cc(C)ccc1OC. The highest BCUT2D eigenvalue weighted by molar-refractivity contribution is 5.80. The van der Waals surface area contributed by atoms with Gasteiger partial charge >= 0.3 is 0 Å². The summed E-state index contributed by atoms with van der Waals surface area (Å²) < 4.78 is 16.7. The number of guanidine groups is 1. The molecule has 0 aromatic heterocycles. The van der Waals surface area contributed by atoms with E-state index in [4.69, 9.17) is 14.2 Å². The molecule has 6 heteroatoms. The van der Waals surface area contributed by atoms with E-state index in [0.29, 0.717) is 19.8 Å². The average Bonchev–Trinajstić information content (AvgIpc) is 3.13. The Labute approximate surface area is 151 Å². The van der Waals surface area contributed by atoms with Gasteiger partial charge in [-0.3, -0.25) is 4.99 Å². The predicted molar refractivity (Wildman–Crippen MR) is 100 cm³/mol. The molecule has 1 saturated heterocycles. The van der Waals surface area contributed by atoms with Crippen molar-refractivity contribution < 1.29 is 14.2 Å². The van der Waals surface area contributed by atoms with E-state index in [9.17, 15) is 0 Å². The Bertz CT molecular complexity index is 557. The van der Waals surface area contributed by atoms with Crippen LogP contribution >= 0.6 is 0 Å². The van der Waals surface area contributed by atoms with Crippen molar-refractivity contribution >= 4 is 5.96 Å². The lowest BCUT2D eigenvalue weighted by molar-refractivity contribution is 0.0191. The minimum absolute atomic E-state index is 0.0776. The van der Waals surface area contributed by atoms with Gasteiger partial charge < -0.3 is 24.8 Å². The summed E-state index contributed by atoms with van der Waals surface area (Å²) in [7, 11) is 3.46. The summed E-state index contributed by atoms with van der Waals surface area (Å²) in [5.41, 5.74) is 2.31. The zero-order valence-corrected chi connectivity index (χ0v) is 15.8. The number of aryl methyl sites for hydroxylation is 1. The van der Waals surface area contributed by atoms with Crippen LogP contribution in [0, 0.1) is 6.92 Å². The molecule has 1 aromatic rings. The normalized spacial score (nSPS) is 18.9. The third-order valence-electron chi connectivity index (χ3n) is 4.30. The zero-order valence-electron chi connectivity index (χ0n) is 15.8. The van der Waals surface area contributed by atoms with Crippen LogP contribution < -0.4 is 15.4 Å². The standard InChI is InChI=1S/C19H31N3O3/c1-14-7-8-18(23-4)17(12-14)15(2)22-19(20-3)21-9-11-24-13-16-6-5-10-25-16/h7-8,12,15-16H,5-6,9-11,13H2,1-4H3,(H2,20,21,22). The second-order valence-electron chi connectivity index (χ2n) is 6.32. The molecular weight excluding hydrogens is 318 g/mol. The first-order valence-corrected chi connectivity index (χ1v) is 8.95. The molecule has 0 aliphatic carbocycles. The van der Waals surface area contributed by atoms with Crippen LogP contribution in [0.15, 0.2) is 23.2 Å². The second-order valence-corrected chi connectivity index (χ2v) is 6.32. The number of hydrogen-bond acceptors (Lipinski definition) is 4. The van der Waals surface area contributed by atoms with Gasteiger partial charge in [-0.15, -0.1) is 0 Å². The van der Waals surface area contributed by atoms with Crippen LogP contribution in [0.3, 0.4) is 0 Å². The third-order valence-corrected chi connectivity index (χ3v) is 4.30. The summed E-state index contributed by atoms with van der Waals surface area (Å²) in [4.78, 5) is 4.28. The van der Waals surface area contributed by atoms with Crippen molar-refractivity contribution in [2.75, 3.05) is 40.5 Å². The molecule has 2 atom stereocenters. The number of ether oxygens (including phenoxy) is 3. The molecule has 0 radical (unpaired) electrons. The highest BCUT2D eigenvalue weighted by Gasteiger charge is 2.15. The maximum absolute atomic E-state index is 5.66. The topological polar surface area (TPSA) is 64.1 Å².